The molecular weight excluding hydrogens is 285 g/mol. The third-order valence-corrected chi connectivity index (χ3v) is 8.32. The van der Waals surface area contributed by atoms with Gasteiger partial charge in [-0.2, -0.15) is 0 Å². The molecule has 38 valence electrons. The molecule has 1 rings (SSSR count). The minimum absolute atomic E-state index is 0.708. The molecule has 0 fully saturated rings. The maximum absolute atomic E-state index is 2.35. The van der Waals surface area contributed by atoms with Gasteiger partial charge in [0.25, 0.3) is 0 Å². The van der Waals surface area contributed by atoms with Crippen LogP contribution in [-0.2, 0) is 0 Å². The first-order valence-electron chi connectivity index (χ1n) is 1.78. The summed E-state index contributed by atoms with van der Waals surface area (Å²) in [6.45, 7) is 0. The van der Waals surface area contributed by atoms with Gasteiger partial charge in [0.2, 0.25) is 0 Å². The van der Waals surface area contributed by atoms with E-state index < -0.39 is 0 Å². The molecule has 0 saturated carbocycles. The molecule has 0 saturated heterocycles. The third-order valence-electron chi connectivity index (χ3n) is 0.435. The Morgan fingerprint density at radius 3 is 1.86 bits per heavy atom. The van der Waals surface area contributed by atoms with Crippen molar-refractivity contribution in [3.63, 3.8) is 0 Å². The molecule has 0 bridgehead atoms. The Morgan fingerprint density at radius 1 is 0.714 bits per heavy atom. The number of hydrogen-bond donors (Lipinski definition) is 0. The average Bonchev–Trinajstić information content (AvgIpc) is 1.90. The van der Waals surface area contributed by atoms with Crippen molar-refractivity contribution in [2.75, 3.05) is 0 Å². The van der Waals surface area contributed by atoms with E-state index in [2.05, 4.69) is 19.8 Å². The van der Waals surface area contributed by atoms with Crippen molar-refractivity contribution < 1.29 is 0 Å². The molecule has 0 nitrogen and oxygen atoms in total. The Bertz CT molecular complexity index is 94.9. The van der Waals surface area contributed by atoms with Crippen LogP contribution in [0.15, 0.2) is 19.8 Å². The van der Waals surface area contributed by atoms with E-state index in [4.69, 9.17) is 0 Å². The van der Waals surface area contributed by atoms with Crippen molar-refractivity contribution in [3.8, 4) is 0 Å². The van der Waals surface area contributed by atoms with Gasteiger partial charge in [-0.15, -0.1) is 0 Å². The molecule has 3 heteroatoms. The Labute approximate surface area is 59.3 Å². The quantitative estimate of drug-likeness (QED) is 0.589. The molecule has 0 radical (unpaired) electrons. The van der Waals surface area contributed by atoms with Crippen molar-refractivity contribution >= 4 is 39.8 Å². The predicted octanol–water partition coefficient (Wildman–Crippen LogP) is -0.0180. The topological polar surface area (TPSA) is 0 Å². The second kappa shape index (κ2) is 3.97. The Morgan fingerprint density at radius 2 is 1.29 bits per heavy atom. The standard InChI is InChI=1S/C4H4Se3/c1-3-6-7-4-2-5-1/h1-4H. The van der Waals surface area contributed by atoms with E-state index in [0.29, 0.717) is 14.5 Å². The maximum atomic E-state index is 2.35. The summed E-state index contributed by atoms with van der Waals surface area (Å²) in [4.78, 5) is 9.34. The van der Waals surface area contributed by atoms with Crippen LogP contribution in [0.25, 0.3) is 0 Å². The molecule has 1 aromatic rings. The summed E-state index contributed by atoms with van der Waals surface area (Å²) in [5.74, 6) is 0. The molecule has 0 aromatic carbocycles. The van der Waals surface area contributed by atoms with E-state index in [0.717, 1.165) is 25.3 Å². The third kappa shape index (κ3) is 2.77. The summed E-state index contributed by atoms with van der Waals surface area (Å²) in [5, 5.41) is 0. The first kappa shape index (κ1) is 6.16. The molecule has 0 atom stereocenters. The van der Waals surface area contributed by atoms with Crippen molar-refractivity contribution in [3.05, 3.63) is 19.8 Å². The van der Waals surface area contributed by atoms with Gasteiger partial charge in [-0.1, -0.05) is 0 Å². The SMILES string of the molecule is c1c[se][se]cc[se]1. The van der Waals surface area contributed by atoms with Crippen LogP contribution in [0.5, 0.6) is 0 Å². The zero-order chi connectivity index (χ0) is 4.95. The summed E-state index contributed by atoms with van der Waals surface area (Å²) in [6, 6.07) is 0. The van der Waals surface area contributed by atoms with Crippen molar-refractivity contribution in [2.45, 2.75) is 0 Å². The van der Waals surface area contributed by atoms with Gasteiger partial charge in [0.1, 0.15) is 0 Å². The predicted molar refractivity (Wildman–Crippen MR) is 34.9 cm³/mol. The summed E-state index contributed by atoms with van der Waals surface area (Å²) in [7, 11) is 0. The summed E-state index contributed by atoms with van der Waals surface area (Å²) >= 11 is 2.41. The van der Waals surface area contributed by atoms with E-state index >= 15 is 0 Å². The van der Waals surface area contributed by atoms with Gasteiger partial charge in [0.15, 0.2) is 0 Å². The van der Waals surface area contributed by atoms with Gasteiger partial charge < -0.3 is 0 Å². The van der Waals surface area contributed by atoms with Crippen LogP contribution in [-0.4, -0.2) is 39.8 Å². The molecular formula is C4H4Se3. The summed E-state index contributed by atoms with van der Waals surface area (Å²) < 4.78 is 0. The zero-order valence-corrected chi connectivity index (χ0v) is 8.67. The normalized spacial score (nSPS) is 8.00. The molecule has 0 aliphatic carbocycles. The van der Waals surface area contributed by atoms with E-state index in [1.807, 2.05) is 0 Å². The first-order valence-corrected chi connectivity index (χ1v) is 10.1. The Balaban J connectivity index is 3.06. The molecule has 0 aliphatic rings. The van der Waals surface area contributed by atoms with Gasteiger partial charge in [0.05, 0.1) is 0 Å². The molecule has 7 heavy (non-hydrogen) atoms. The van der Waals surface area contributed by atoms with Gasteiger partial charge >= 0.3 is 59.5 Å². The summed E-state index contributed by atoms with van der Waals surface area (Å²) in [6.07, 6.45) is 0. The second-order valence-electron chi connectivity index (χ2n) is 0.873. The molecule has 0 amide bonds. The van der Waals surface area contributed by atoms with Gasteiger partial charge in [-0.05, 0) is 0 Å². The molecule has 0 unspecified atom stereocenters. The van der Waals surface area contributed by atoms with E-state index in [1.54, 1.807) is 0 Å². The van der Waals surface area contributed by atoms with Crippen molar-refractivity contribution in [1.82, 2.24) is 0 Å². The molecule has 0 spiro atoms. The zero-order valence-electron chi connectivity index (χ0n) is 3.53. The van der Waals surface area contributed by atoms with Crippen molar-refractivity contribution in [2.24, 2.45) is 0 Å². The van der Waals surface area contributed by atoms with Crippen LogP contribution in [0.3, 0.4) is 0 Å². The minimum atomic E-state index is 0.708. The monoisotopic (exact) mass is 292 g/mol. The number of hydrogen-bond acceptors (Lipinski definition) is 0. The van der Waals surface area contributed by atoms with Crippen LogP contribution in [0.4, 0.5) is 0 Å². The van der Waals surface area contributed by atoms with E-state index in [-0.39, 0.29) is 0 Å². The van der Waals surface area contributed by atoms with E-state index in [9.17, 15) is 0 Å². The van der Waals surface area contributed by atoms with Crippen LogP contribution in [0, 0.1) is 0 Å². The van der Waals surface area contributed by atoms with Crippen LogP contribution in [0.2, 0.25) is 0 Å². The second-order valence-corrected chi connectivity index (χ2v) is 8.73. The molecule has 0 N–H and O–H groups in total. The van der Waals surface area contributed by atoms with Gasteiger partial charge in [0, 0.05) is 0 Å². The van der Waals surface area contributed by atoms with E-state index in [1.165, 1.54) is 0 Å². The fourth-order valence-corrected chi connectivity index (χ4v) is 10.1. The summed E-state index contributed by atoms with van der Waals surface area (Å²) in [5.41, 5.74) is 0. The fourth-order valence-electron chi connectivity index (χ4n) is 0.219. The number of rotatable bonds is 0. The Kier molecular flexibility index (Phi) is 3.50. The van der Waals surface area contributed by atoms with Crippen LogP contribution < -0.4 is 0 Å². The van der Waals surface area contributed by atoms with Crippen molar-refractivity contribution in [1.29, 1.82) is 0 Å². The molecule has 0 aliphatic heterocycles. The first-order chi connectivity index (χ1) is 3.50. The molecule has 1 aromatic heterocycles. The van der Waals surface area contributed by atoms with Gasteiger partial charge in [-0.3, -0.25) is 0 Å². The van der Waals surface area contributed by atoms with Gasteiger partial charge in [-0.25, -0.2) is 0 Å². The Hall–Kier alpha value is 1.04. The molecule has 1 heterocycles. The average molecular weight is 289 g/mol. The van der Waals surface area contributed by atoms with Crippen LogP contribution >= 0.6 is 0 Å². The fraction of sp³-hybridized carbons (Fsp3) is 0. The van der Waals surface area contributed by atoms with Crippen LogP contribution in [0.1, 0.15) is 0 Å².